The number of hydrogen-bond acceptors (Lipinski definition) is 3. The van der Waals surface area contributed by atoms with Crippen molar-refractivity contribution in [2.75, 3.05) is 7.11 Å². The molecule has 1 atom stereocenters. The van der Waals surface area contributed by atoms with Gasteiger partial charge in [-0.15, -0.1) is 0 Å². The van der Waals surface area contributed by atoms with E-state index in [0.29, 0.717) is 12.0 Å². The molecular weight excluding hydrogens is 240 g/mol. The summed E-state index contributed by atoms with van der Waals surface area (Å²) in [5, 5.41) is 0. The molecule has 3 nitrogen and oxygen atoms in total. The normalized spacial score (nSPS) is 17.5. The van der Waals surface area contributed by atoms with Crippen LogP contribution in [0.3, 0.4) is 0 Å². The first-order valence-corrected chi connectivity index (χ1v) is 6.21. The van der Waals surface area contributed by atoms with Crippen molar-refractivity contribution in [1.29, 1.82) is 0 Å². The Morgan fingerprint density at radius 1 is 1.16 bits per heavy atom. The second kappa shape index (κ2) is 4.76. The third-order valence-corrected chi connectivity index (χ3v) is 3.36. The molecule has 0 bridgehead atoms. The Labute approximate surface area is 111 Å². The lowest BCUT2D eigenvalue weighted by Crippen LogP contribution is -2.21. The molecule has 0 unspecified atom stereocenters. The minimum Gasteiger partial charge on any atom is -0.497 e. The number of benzene rings is 2. The van der Waals surface area contributed by atoms with Crippen LogP contribution in [0.15, 0.2) is 48.5 Å². The van der Waals surface area contributed by atoms with E-state index in [4.69, 9.17) is 9.47 Å². The zero-order chi connectivity index (χ0) is 13.2. The van der Waals surface area contributed by atoms with Crippen LogP contribution >= 0.6 is 0 Å². The molecule has 0 amide bonds. The molecule has 0 saturated carbocycles. The maximum atomic E-state index is 12.0. The van der Waals surface area contributed by atoms with Crippen LogP contribution in [-0.2, 0) is 11.2 Å². The van der Waals surface area contributed by atoms with Gasteiger partial charge in [0.1, 0.15) is 11.9 Å². The van der Waals surface area contributed by atoms with Crippen LogP contribution in [0.2, 0.25) is 0 Å². The highest BCUT2D eigenvalue weighted by Crippen LogP contribution is 2.31. The van der Waals surface area contributed by atoms with Gasteiger partial charge in [-0.25, -0.2) is 4.79 Å². The standard InChI is InChI=1S/C16H14O3/c1-18-13-7-4-6-12(9-13)15-10-11-5-2-3-8-14(11)16(17)19-15/h2-9,15H,10H2,1H3/t15-/m0/s1. The van der Waals surface area contributed by atoms with Gasteiger partial charge in [0.15, 0.2) is 0 Å². The van der Waals surface area contributed by atoms with Crippen LogP contribution in [-0.4, -0.2) is 13.1 Å². The molecule has 0 aromatic heterocycles. The summed E-state index contributed by atoms with van der Waals surface area (Å²) in [4.78, 5) is 12.0. The van der Waals surface area contributed by atoms with Gasteiger partial charge in [-0.1, -0.05) is 30.3 Å². The van der Waals surface area contributed by atoms with Gasteiger partial charge < -0.3 is 9.47 Å². The number of esters is 1. The highest BCUT2D eigenvalue weighted by atomic mass is 16.5. The Kier molecular flexibility index (Phi) is 2.95. The van der Waals surface area contributed by atoms with E-state index in [9.17, 15) is 4.79 Å². The monoisotopic (exact) mass is 254 g/mol. The molecule has 96 valence electrons. The van der Waals surface area contributed by atoms with Gasteiger partial charge >= 0.3 is 5.97 Å². The summed E-state index contributed by atoms with van der Waals surface area (Å²) in [5.41, 5.74) is 2.66. The average Bonchev–Trinajstić information content (AvgIpc) is 2.47. The molecule has 0 saturated heterocycles. The minimum atomic E-state index is -0.255. The maximum absolute atomic E-state index is 12.0. The molecule has 0 spiro atoms. The van der Waals surface area contributed by atoms with E-state index in [2.05, 4.69) is 0 Å². The van der Waals surface area contributed by atoms with Gasteiger partial charge in [-0.05, 0) is 29.3 Å². The smallest absolute Gasteiger partial charge is 0.339 e. The van der Waals surface area contributed by atoms with Crippen LogP contribution in [0.5, 0.6) is 5.75 Å². The number of rotatable bonds is 2. The summed E-state index contributed by atoms with van der Waals surface area (Å²) in [6, 6.07) is 15.2. The topological polar surface area (TPSA) is 35.5 Å². The maximum Gasteiger partial charge on any atom is 0.339 e. The Hall–Kier alpha value is -2.29. The van der Waals surface area contributed by atoms with E-state index in [0.717, 1.165) is 16.9 Å². The van der Waals surface area contributed by atoms with Crippen LogP contribution in [0.1, 0.15) is 27.6 Å². The molecule has 0 aliphatic carbocycles. The first kappa shape index (κ1) is 11.8. The summed E-state index contributed by atoms with van der Waals surface area (Å²) < 4.78 is 10.7. The first-order chi connectivity index (χ1) is 9.28. The number of carbonyl (C=O) groups is 1. The Bertz CT molecular complexity index is 619. The number of cyclic esters (lactones) is 1. The molecule has 0 N–H and O–H groups in total. The van der Waals surface area contributed by atoms with Crippen molar-refractivity contribution >= 4 is 5.97 Å². The van der Waals surface area contributed by atoms with Gasteiger partial charge in [0, 0.05) is 6.42 Å². The van der Waals surface area contributed by atoms with E-state index >= 15 is 0 Å². The largest absolute Gasteiger partial charge is 0.497 e. The fourth-order valence-electron chi connectivity index (χ4n) is 2.36. The second-order valence-corrected chi connectivity index (χ2v) is 4.53. The summed E-state index contributed by atoms with van der Waals surface area (Å²) in [7, 11) is 1.63. The van der Waals surface area contributed by atoms with Gasteiger partial charge in [0.25, 0.3) is 0 Å². The summed E-state index contributed by atoms with van der Waals surface area (Å²) in [6.45, 7) is 0. The van der Waals surface area contributed by atoms with Crippen molar-refractivity contribution in [2.24, 2.45) is 0 Å². The van der Waals surface area contributed by atoms with Gasteiger partial charge in [0.05, 0.1) is 12.7 Å². The van der Waals surface area contributed by atoms with Crippen molar-refractivity contribution in [2.45, 2.75) is 12.5 Å². The molecule has 3 rings (SSSR count). The molecule has 0 fully saturated rings. The van der Waals surface area contributed by atoms with Crippen LogP contribution in [0.25, 0.3) is 0 Å². The fraction of sp³-hybridized carbons (Fsp3) is 0.188. The van der Waals surface area contributed by atoms with Crippen molar-refractivity contribution < 1.29 is 14.3 Å². The molecule has 1 heterocycles. The summed E-state index contributed by atoms with van der Waals surface area (Å²) in [6.07, 6.45) is 0.465. The van der Waals surface area contributed by atoms with Crippen molar-refractivity contribution in [3.05, 3.63) is 65.2 Å². The van der Waals surface area contributed by atoms with Crippen LogP contribution in [0, 0.1) is 0 Å². The van der Waals surface area contributed by atoms with E-state index < -0.39 is 0 Å². The molecular formula is C16H14O3. The zero-order valence-electron chi connectivity index (χ0n) is 10.6. The SMILES string of the molecule is COc1cccc([C@@H]2Cc3ccccc3C(=O)O2)c1. The van der Waals surface area contributed by atoms with E-state index in [1.165, 1.54) is 0 Å². The predicted octanol–water partition coefficient (Wildman–Crippen LogP) is 3.15. The third-order valence-electron chi connectivity index (χ3n) is 3.36. The minimum absolute atomic E-state index is 0.238. The highest BCUT2D eigenvalue weighted by Gasteiger charge is 2.27. The lowest BCUT2D eigenvalue weighted by atomic mass is 9.95. The molecule has 0 radical (unpaired) electrons. The summed E-state index contributed by atoms with van der Waals surface area (Å²) >= 11 is 0. The van der Waals surface area contributed by atoms with Crippen molar-refractivity contribution in [1.82, 2.24) is 0 Å². The fourth-order valence-corrected chi connectivity index (χ4v) is 2.36. The van der Waals surface area contributed by atoms with E-state index in [1.807, 2.05) is 42.5 Å². The third kappa shape index (κ3) is 2.19. The number of fused-ring (bicyclic) bond motifs is 1. The lowest BCUT2D eigenvalue weighted by molar-refractivity contribution is 0.0252. The molecule has 19 heavy (non-hydrogen) atoms. The number of methoxy groups -OCH3 is 1. The quantitative estimate of drug-likeness (QED) is 0.772. The molecule has 2 aromatic carbocycles. The van der Waals surface area contributed by atoms with Crippen LogP contribution in [0.4, 0.5) is 0 Å². The summed E-state index contributed by atoms with van der Waals surface area (Å²) in [5.74, 6) is 0.516. The van der Waals surface area contributed by atoms with Gasteiger partial charge in [0.2, 0.25) is 0 Å². The number of carbonyl (C=O) groups excluding carboxylic acids is 1. The molecule has 1 aliphatic heterocycles. The Balaban J connectivity index is 1.94. The number of ether oxygens (including phenoxy) is 2. The predicted molar refractivity (Wildman–Crippen MR) is 71.3 cm³/mol. The van der Waals surface area contributed by atoms with Crippen molar-refractivity contribution in [3.63, 3.8) is 0 Å². The molecule has 1 aliphatic rings. The Morgan fingerprint density at radius 3 is 2.84 bits per heavy atom. The number of hydrogen-bond donors (Lipinski definition) is 0. The highest BCUT2D eigenvalue weighted by molar-refractivity contribution is 5.92. The average molecular weight is 254 g/mol. The molecule has 3 heteroatoms. The van der Waals surface area contributed by atoms with Gasteiger partial charge in [-0.3, -0.25) is 0 Å². The zero-order valence-corrected chi connectivity index (χ0v) is 10.6. The van der Waals surface area contributed by atoms with E-state index in [1.54, 1.807) is 13.2 Å². The van der Waals surface area contributed by atoms with E-state index in [-0.39, 0.29) is 12.1 Å². The second-order valence-electron chi connectivity index (χ2n) is 4.53. The first-order valence-electron chi connectivity index (χ1n) is 6.21. The molecule has 2 aromatic rings. The van der Waals surface area contributed by atoms with Crippen LogP contribution < -0.4 is 4.74 Å². The van der Waals surface area contributed by atoms with Crippen molar-refractivity contribution in [3.8, 4) is 5.75 Å². The Morgan fingerprint density at radius 2 is 2.00 bits per heavy atom. The lowest BCUT2D eigenvalue weighted by Gasteiger charge is -2.25. The van der Waals surface area contributed by atoms with Gasteiger partial charge in [-0.2, -0.15) is 0 Å².